The molecule has 14 heavy (non-hydrogen) atoms. The fourth-order valence-electron chi connectivity index (χ4n) is 0.955. The van der Waals surface area contributed by atoms with Crippen molar-refractivity contribution in [1.29, 1.82) is 0 Å². The number of ether oxygens (including phenoxy) is 1. The highest BCUT2D eigenvalue weighted by molar-refractivity contribution is 5.86. The van der Waals surface area contributed by atoms with E-state index < -0.39 is 11.2 Å². The van der Waals surface area contributed by atoms with Crippen LogP contribution in [0.5, 0.6) is 0 Å². The molecule has 0 aromatic rings. The molecule has 82 valence electrons. The molecule has 0 aliphatic carbocycles. The van der Waals surface area contributed by atoms with Crippen molar-refractivity contribution in [2.45, 2.75) is 44.8 Å². The molecule has 0 spiro atoms. The topological polar surface area (TPSA) is 46.5 Å². The highest BCUT2D eigenvalue weighted by Gasteiger charge is 2.27. The quantitative estimate of drug-likeness (QED) is 0.664. The molecule has 0 saturated heterocycles. The van der Waals surface area contributed by atoms with E-state index in [1.807, 2.05) is 6.92 Å². The van der Waals surface area contributed by atoms with Crippen LogP contribution in [-0.2, 0) is 9.53 Å². The molecule has 0 fully saturated rings. The zero-order valence-electron chi connectivity index (χ0n) is 9.46. The third-order valence-corrected chi connectivity index (χ3v) is 2.43. The lowest BCUT2D eigenvalue weighted by Crippen LogP contribution is -2.33. The Bertz CT molecular complexity index is 215. The van der Waals surface area contributed by atoms with E-state index >= 15 is 0 Å². The Hall–Kier alpha value is -0.670. The van der Waals surface area contributed by atoms with Gasteiger partial charge in [-0.15, -0.1) is 6.58 Å². The van der Waals surface area contributed by atoms with Gasteiger partial charge >= 0.3 is 0 Å². The maximum Gasteiger partial charge on any atom is 0.163 e. The minimum Gasteiger partial charge on any atom is -0.383 e. The Morgan fingerprint density at radius 2 is 2.00 bits per heavy atom. The summed E-state index contributed by atoms with van der Waals surface area (Å²) in [7, 11) is 1.58. The van der Waals surface area contributed by atoms with Crippen LogP contribution in [0.1, 0.15) is 33.6 Å². The summed E-state index contributed by atoms with van der Waals surface area (Å²) >= 11 is 0. The number of hydrogen-bond acceptors (Lipinski definition) is 3. The van der Waals surface area contributed by atoms with Crippen molar-refractivity contribution in [1.82, 2.24) is 0 Å². The minimum atomic E-state index is -1.25. The molecule has 1 atom stereocenters. The van der Waals surface area contributed by atoms with Crippen LogP contribution in [0.15, 0.2) is 12.7 Å². The number of hydrogen-bond donors (Lipinski definition) is 1. The van der Waals surface area contributed by atoms with Crippen LogP contribution >= 0.6 is 0 Å². The monoisotopic (exact) mass is 200 g/mol. The van der Waals surface area contributed by atoms with Crippen LogP contribution in [0.25, 0.3) is 0 Å². The molecule has 0 aliphatic heterocycles. The van der Waals surface area contributed by atoms with Gasteiger partial charge in [-0.2, -0.15) is 0 Å². The van der Waals surface area contributed by atoms with Crippen molar-refractivity contribution in [2.24, 2.45) is 0 Å². The fraction of sp³-hybridized carbons (Fsp3) is 0.727. The van der Waals surface area contributed by atoms with Crippen LogP contribution in [-0.4, -0.2) is 29.2 Å². The molecule has 0 radical (unpaired) electrons. The molecule has 0 bridgehead atoms. The van der Waals surface area contributed by atoms with E-state index in [-0.39, 0.29) is 5.78 Å². The number of rotatable bonds is 6. The van der Waals surface area contributed by atoms with E-state index in [2.05, 4.69) is 6.58 Å². The molecule has 0 aliphatic rings. The Balaban J connectivity index is 4.19. The number of aliphatic hydroxyl groups is 1. The average molecular weight is 200 g/mol. The van der Waals surface area contributed by atoms with Gasteiger partial charge in [-0.1, -0.05) is 6.08 Å². The highest BCUT2D eigenvalue weighted by atomic mass is 16.5. The Morgan fingerprint density at radius 1 is 1.50 bits per heavy atom. The van der Waals surface area contributed by atoms with Gasteiger partial charge in [-0.25, -0.2) is 0 Å². The molecule has 1 N–H and O–H groups in total. The predicted octanol–water partition coefficient (Wildman–Crippen LogP) is 1.70. The second-order valence-electron chi connectivity index (χ2n) is 4.20. The van der Waals surface area contributed by atoms with Crippen molar-refractivity contribution < 1.29 is 14.6 Å². The van der Waals surface area contributed by atoms with Crippen LogP contribution in [0, 0.1) is 0 Å². The zero-order valence-corrected chi connectivity index (χ0v) is 9.46. The Morgan fingerprint density at radius 3 is 2.29 bits per heavy atom. The first kappa shape index (κ1) is 13.3. The predicted molar refractivity (Wildman–Crippen MR) is 56.1 cm³/mol. The summed E-state index contributed by atoms with van der Waals surface area (Å²) < 4.78 is 5.20. The Labute approximate surface area is 85.8 Å². The normalized spacial score (nSPS) is 16.1. The van der Waals surface area contributed by atoms with E-state index in [1.165, 1.54) is 13.8 Å². The molecule has 0 saturated carbocycles. The van der Waals surface area contributed by atoms with Crippen molar-refractivity contribution >= 4 is 5.78 Å². The zero-order chi connectivity index (χ0) is 11.4. The summed E-state index contributed by atoms with van der Waals surface area (Å²) in [6.07, 6.45) is 2.50. The number of methoxy groups -OCH3 is 1. The van der Waals surface area contributed by atoms with Crippen LogP contribution < -0.4 is 0 Å². The maximum atomic E-state index is 11.4. The molecule has 0 aromatic heterocycles. The van der Waals surface area contributed by atoms with Crippen molar-refractivity contribution in [3.8, 4) is 0 Å². The largest absolute Gasteiger partial charge is 0.383 e. The van der Waals surface area contributed by atoms with Crippen molar-refractivity contribution in [2.75, 3.05) is 7.11 Å². The second-order valence-corrected chi connectivity index (χ2v) is 4.20. The fourth-order valence-corrected chi connectivity index (χ4v) is 0.955. The van der Waals surface area contributed by atoms with Crippen LogP contribution in [0.2, 0.25) is 0 Å². The van der Waals surface area contributed by atoms with E-state index in [4.69, 9.17) is 4.74 Å². The number of carbonyl (C=O) groups excluding carboxylic acids is 1. The number of Topliss-reactive ketones (excluding diaryl/α,β-unsaturated/α-hetero) is 1. The van der Waals surface area contributed by atoms with Gasteiger partial charge in [-0.05, 0) is 27.2 Å². The number of ketones is 1. The van der Waals surface area contributed by atoms with E-state index in [0.29, 0.717) is 12.8 Å². The molecular weight excluding hydrogens is 180 g/mol. The SMILES string of the molecule is C=CC(C)(CCC(=O)C(C)(C)O)OC. The highest BCUT2D eigenvalue weighted by Crippen LogP contribution is 2.20. The molecule has 1 unspecified atom stereocenters. The van der Waals surface area contributed by atoms with Crippen molar-refractivity contribution in [3.05, 3.63) is 12.7 Å². The van der Waals surface area contributed by atoms with Gasteiger partial charge < -0.3 is 9.84 Å². The first-order valence-electron chi connectivity index (χ1n) is 4.69. The summed E-state index contributed by atoms with van der Waals surface area (Å²) in [5.74, 6) is -0.178. The third kappa shape index (κ3) is 4.03. The van der Waals surface area contributed by atoms with Gasteiger partial charge in [0.25, 0.3) is 0 Å². The third-order valence-electron chi connectivity index (χ3n) is 2.43. The lowest BCUT2D eigenvalue weighted by atomic mass is 9.93. The van der Waals surface area contributed by atoms with Gasteiger partial charge in [0.05, 0.1) is 5.60 Å². The average Bonchev–Trinajstić information content (AvgIpc) is 2.12. The smallest absolute Gasteiger partial charge is 0.163 e. The molecule has 3 heteroatoms. The van der Waals surface area contributed by atoms with Crippen LogP contribution in [0.3, 0.4) is 0 Å². The molecular formula is C11H20O3. The maximum absolute atomic E-state index is 11.4. The first-order chi connectivity index (χ1) is 6.25. The number of carbonyl (C=O) groups is 1. The molecule has 0 rings (SSSR count). The Kier molecular flexibility index (Phi) is 4.49. The standard InChI is InChI=1S/C11H20O3/c1-6-11(4,14-5)8-7-9(12)10(2,3)13/h6,13H,1,7-8H2,2-5H3. The first-order valence-corrected chi connectivity index (χ1v) is 4.69. The van der Waals surface area contributed by atoms with Gasteiger partial charge in [0.1, 0.15) is 5.60 Å². The summed E-state index contributed by atoms with van der Waals surface area (Å²) in [6, 6.07) is 0. The van der Waals surface area contributed by atoms with E-state index in [1.54, 1.807) is 13.2 Å². The summed E-state index contributed by atoms with van der Waals surface area (Å²) in [5, 5.41) is 9.41. The minimum absolute atomic E-state index is 0.178. The van der Waals surface area contributed by atoms with Gasteiger partial charge in [0.15, 0.2) is 5.78 Å². The van der Waals surface area contributed by atoms with Crippen molar-refractivity contribution in [3.63, 3.8) is 0 Å². The van der Waals surface area contributed by atoms with Crippen LogP contribution in [0.4, 0.5) is 0 Å². The lowest BCUT2D eigenvalue weighted by molar-refractivity contribution is -0.135. The molecule has 3 nitrogen and oxygen atoms in total. The van der Waals surface area contributed by atoms with E-state index in [0.717, 1.165) is 0 Å². The summed E-state index contributed by atoms with van der Waals surface area (Å²) in [6.45, 7) is 8.49. The molecule has 0 aromatic carbocycles. The molecule has 0 heterocycles. The lowest BCUT2D eigenvalue weighted by Gasteiger charge is -2.25. The van der Waals surface area contributed by atoms with Gasteiger partial charge in [-0.3, -0.25) is 4.79 Å². The van der Waals surface area contributed by atoms with E-state index in [9.17, 15) is 9.90 Å². The molecule has 0 amide bonds. The van der Waals surface area contributed by atoms with Gasteiger partial charge in [0, 0.05) is 13.5 Å². The second kappa shape index (κ2) is 4.71. The summed E-state index contributed by atoms with van der Waals surface area (Å²) in [5.41, 5.74) is -1.74. The van der Waals surface area contributed by atoms with Gasteiger partial charge in [0.2, 0.25) is 0 Å². The summed E-state index contributed by atoms with van der Waals surface area (Å²) in [4.78, 5) is 11.4.